The quantitative estimate of drug-likeness (QED) is 0.624. The molecule has 0 radical (unpaired) electrons. The van der Waals surface area contributed by atoms with Crippen LogP contribution in [0.1, 0.15) is 50.3 Å². The van der Waals surface area contributed by atoms with Crippen molar-refractivity contribution in [3.05, 3.63) is 28.8 Å². The van der Waals surface area contributed by atoms with Gasteiger partial charge in [-0.05, 0) is 23.5 Å². The molecule has 1 nitrogen and oxygen atoms in total. The Morgan fingerprint density at radius 3 is 2.53 bits per heavy atom. The van der Waals surface area contributed by atoms with Gasteiger partial charge < -0.3 is 4.74 Å². The monoisotopic (exact) mass is 204 g/mol. The molecule has 0 bridgehead atoms. The zero-order valence-electron chi connectivity index (χ0n) is 10.3. The molecule has 1 atom stereocenters. The van der Waals surface area contributed by atoms with E-state index in [2.05, 4.69) is 46.8 Å². The van der Waals surface area contributed by atoms with Crippen LogP contribution in [-0.4, -0.2) is 6.61 Å². The number of benzene rings is 1. The molecule has 1 aromatic carbocycles. The zero-order valence-corrected chi connectivity index (χ0v) is 10.3. The molecule has 15 heavy (non-hydrogen) atoms. The number of hydrogen-bond donors (Lipinski definition) is 0. The highest BCUT2D eigenvalue weighted by atomic mass is 16.5. The van der Waals surface area contributed by atoms with Crippen LogP contribution in [0.2, 0.25) is 0 Å². The van der Waals surface area contributed by atoms with Crippen molar-refractivity contribution in [3.63, 3.8) is 0 Å². The van der Waals surface area contributed by atoms with Crippen LogP contribution in [0.3, 0.4) is 0 Å². The number of hydrogen-bond acceptors (Lipinski definition) is 1. The number of aryl methyl sites for hydroxylation is 1. The first-order valence-corrected chi connectivity index (χ1v) is 5.67. The Morgan fingerprint density at radius 1 is 1.27 bits per heavy atom. The first-order valence-electron chi connectivity index (χ1n) is 5.67. The molecule has 1 aromatic rings. The highest BCUT2D eigenvalue weighted by molar-refractivity contribution is 5.49. The van der Waals surface area contributed by atoms with E-state index in [0.717, 1.165) is 12.4 Å². The first kappa shape index (κ1) is 10.5. The van der Waals surface area contributed by atoms with Gasteiger partial charge in [-0.2, -0.15) is 0 Å². The summed E-state index contributed by atoms with van der Waals surface area (Å²) in [6.45, 7) is 12.0. The fraction of sp³-hybridized carbons (Fsp3) is 0.571. The Morgan fingerprint density at radius 2 is 1.93 bits per heavy atom. The smallest absolute Gasteiger partial charge is 0.125 e. The van der Waals surface area contributed by atoms with Gasteiger partial charge >= 0.3 is 0 Å². The minimum Gasteiger partial charge on any atom is -0.492 e. The summed E-state index contributed by atoms with van der Waals surface area (Å²) >= 11 is 0. The second-order valence-corrected chi connectivity index (χ2v) is 5.67. The molecular formula is C14H20O. The summed E-state index contributed by atoms with van der Waals surface area (Å²) in [5, 5.41) is 0. The molecule has 0 amide bonds. The van der Waals surface area contributed by atoms with E-state index < -0.39 is 0 Å². The fourth-order valence-electron chi connectivity index (χ4n) is 2.10. The van der Waals surface area contributed by atoms with Crippen LogP contribution < -0.4 is 4.74 Å². The molecule has 0 aromatic heterocycles. The topological polar surface area (TPSA) is 9.23 Å². The van der Waals surface area contributed by atoms with E-state index >= 15 is 0 Å². The second kappa shape index (κ2) is 3.26. The molecule has 0 saturated carbocycles. The van der Waals surface area contributed by atoms with Gasteiger partial charge in [-0.15, -0.1) is 0 Å². The number of fused-ring (bicyclic) bond motifs is 1. The van der Waals surface area contributed by atoms with Crippen molar-refractivity contribution >= 4 is 0 Å². The fourth-order valence-corrected chi connectivity index (χ4v) is 2.10. The Labute approximate surface area is 92.5 Å². The summed E-state index contributed by atoms with van der Waals surface area (Å²) in [6, 6.07) is 4.58. The number of ether oxygens (including phenoxy) is 1. The minimum atomic E-state index is 0.224. The van der Waals surface area contributed by atoms with Crippen molar-refractivity contribution in [3.8, 4) is 5.75 Å². The van der Waals surface area contributed by atoms with Gasteiger partial charge in [0.25, 0.3) is 0 Å². The molecule has 1 heterocycles. The molecule has 1 heteroatoms. The molecule has 1 aliphatic heterocycles. The van der Waals surface area contributed by atoms with Gasteiger partial charge in [0, 0.05) is 11.5 Å². The third-order valence-corrected chi connectivity index (χ3v) is 3.18. The second-order valence-electron chi connectivity index (χ2n) is 5.67. The van der Waals surface area contributed by atoms with Gasteiger partial charge in [0.2, 0.25) is 0 Å². The first-order chi connectivity index (χ1) is 6.89. The van der Waals surface area contributed by atoms with Gasteiger partial charge in [0.15, 0.2) is 0 Å². The molecule has 0 fully saturated rings. The molecular weight excluding hydrogens is 184 g/mol. The molecule has 0 saturated heterocycles. The van der Waals surface area contributed by atoms with Gasteiger partial charge in [-0.1, -0.05) is 39.8 Å². The van der Waals surface area contributed by atoms with Crippen molar-refractivity contribution in [2.75, 3.05) is 6.61 Å². The minimum absolute atomic E-state index is 0.224. The van der Waals surface area contributed by atoms with Crippen LogP contribution in [0.4, 0.5) is 0 Å². The summed E-state index contributed by atoms with van der Waals surface area (Å²) in [7, 11) is 0. The highest BCUT2D eigenvalue weighted by Gasteiger charge is 2.25. The van der Waals surface area contributed by atoms with Crippen LogP contribution in [0.5, 0.6) is 5.75 Å². The van der Waals surface area contributed by atoms with Crippen molar-refractivity contribution in [2.24, 2.45) is 0 Å². The predicted octanol–water partition coefficient (Wildman–Crippen LogP) is 3.79. The zero-order chi connectivity index (χ0) is 11.2. The van der Waals surface area contributed by atoms with E-state index in [9.17, 15) is 0 Å². The van der Waals surface area contributed by atoms with Crippen molar-refractivity contribution < 1.29 is 4.74 Å². The maximum absolute atomic E-state index is 5.71. The van der Waals surface area contributed by atoms with Gasteiger partial charge in [-0.3, -0.25) is 0 Å². The van der Waals surface area contributed by atoms with E-state index in [-0.39, 0.29) is 5.41 Å². The molecule has 0 spiro atoms. The van der Waals surface area contributed by atoms with E-state index in [1.807, 2.05) is 0 Å². The number of rotatable bonds is 0. The average Bonchev–Trinajstić information content (AvgIpc) is 2.47. The molecule has 1 unspecified atom stereocenters. The predicted molar refractivity (Wildman–Crippen MR) is 63.8 cm³/mol. The third-order valence-electron chi connectivity index (χ3n) is 3.18. The SMILES string of the molecule is Cc1cc(C(C)(C)C)cc2c1OCC2C. The summed E-state index contributed by atoms with van der Waals surface area (Å²) in [4.78, 5) is 0. The average molecular weight is 204 g/mol. The van der Waals surface area contributed by atoms with Crippen molar-refractivity contribution in [2.45, 2.75) is 46.0 Å². The molecule has 0 aliphatic carbocycles. The Kier molecular flexibility index (Phi) is 2.29. The summed E-state index contributed by atoms with van der Waals surface area (Å²) in [5.41, 5.74) is 4.31. The largest absolute Gasteiger partial charge is 0.492 e. The Balaban J connectivity index is 2.56. The lowest BCUT2D eigenvalue weighted by Gasteiger charge is -2.21. The third kappa shape index (κ3) is 1.75. The lowest BCUT2D eigenvalue weighted by atomic mass is 9.84. The van der Waals surface area contributed by atoms with Crippen molar-refractivity contribution in [1.82, 2.24) is 0 Å². The van der Waals surface area contributed by atoms with E-state index in [1.165, 1.54) is 16.7 Å². The molecule has 0 N–H and O–H groups in total. The molecule has 1 aliphatic rings. The van der Waals surface area contributed by atoms with Crippen LogP contribution in [0.25, 0.3) is 0 Å². The summed E-state index contributed by atoms with van der Waals surface area (Å²) < 4.78 is 5.71. The van der Waals surface area contributed by atoms with E-state index in [0.29, 0.717) is 5.92 Å². The van der Waals surface area contributed by atoms with E-state index in [1.54, 1.807) is 0 Å². The summed E-state index contributed by atoms with van der Waals surface area (Å²) in [6.07, 6.45) is 0. The van der Waals surface area contributed by atoms with Crippen LogP contribution >= 0.6 is 0 Å². The Hall–Kier alpha value is -0.980. The van der Waals surface area contributed by atoms with Crippen LogP contribution in [0, 0.1) is 6.92 Å². The normalized spacial score (nSPS) is 19.9. The van der Waals surface area contributed by atoms with Gasteiger partial charge in [0.05, 0.1) is 6.61 Å². The van der Waals surface area contributed by atoms with Gasteiger partial charge in [0.1, 0.15) is 5.75 Å². The lowest BCUT2D eigenvalue weighted by Crippen LogP contribution is -2.11. The van der Waals surface area contributed by atoms with Crippen LogP contribution in [0.15, 0.2) is 12.1 Å². The highest BCUT2D eigenvalue weighted by Crippen LogP contribution is 2.39. The van der Waals surface area contributed by atoms with Crippen molar-refractivity contribution in [1.29, 1.82) is 0 Å². The van der Waals surface area contributed by atoms with Gasteiger partial charge in [-0.25, -0.2) is 0 Å². The summed E-state index contributed by atoms with van der Waals surface area (Å²) in [5.74, 6) is 1.66. The maximum Gasteiger partial charge on any atom is 0.125 e. The molecule has 82 valence electrons. The van der Waals surface area contributed by atoms with E-state index in [4.69, 9.17) is 4.74 Å². The molecule has 2 rings (SSSR count). The lowest BCUT2D eigenvalue weighted by molar-refractivity contribution is 0.335. The maximum atomic E-state index is 5.71. The van der Waals surface area contributed by atoms with Crippen LogP contribution in [-0.2, 0) is 5.41 Å². The standard InChI is InChI=1S/C14H20O/c1-9-6-11(14(3,4)5)7-12-10(2)8-15-13(9)12/h6-7,10H,8H2,1-5H3. The Bertz CT molecular complexity index is 385.